The number of hydrogen-bond donors (Lipinski definition) is 1. The maximum Gasteiger partial charge on any atom is 0.125 e. The summed E-state index contributed by atoms with van der Waals surface area (Å²) in [6, 6.07) is 3.88. The van der Waals surface area contributed by atoms with Crippen molar-refractivity contribution in [1.29, 1.82) is 0 Å². The number of benzene rings is 1. The Morgan fingerprint density at radius 1 is 1.06 bits per heavy atom. The standard InChI is InChI=1S/C13H21NO2/c1-10-8-12(14)9-11(2)13(10)16-7-5-4-6-15-3/h8-9H,4-7,14H2,1-3H3. The van der Waals surface area contributed by atoms with Crippen LogP contribution < -0.4 is 10.5 Å². The number of rotatable bonds is 6. The van der Waals surface area contributed by atoms with Crippen LogP contribution in [0.4, 0.5) is 5.69 Å². The summed E-state index contributed by atoms with van der Waals surface area (Å²) in [5, 5.41) is 0. The van der Waals surface area contributed by atoms with Crippen molar-refractivity contribution < 1.29 is 9.47 Å². The first-order valence-corrected chi connectivity index (χ1v) is 5.63. The third-order valence-corrected chi connectivity index (χ3v) is 2.47. The fourth-order valence-electron chi connectivity index (χ4n) is 1.73. The number of aryl methyl sites for hydroxylation is 2. The number of nitrogen functional groups attached to an aromatic ring is 1. The molecule has 1 rings (SSSR count). The lowest BCUT2D eigenvalue weighted by molar-refractivity contribution is 0.184. The Morgan fingerprint density at radius 3 is 2.19 bits per heavy atom. The van der Waals surface area contributed by atoms with E-state index < -0.39 is 0 Å². The first kappa shape index (κ1) is 12.8. The van der Waals surface area contributed by atoms with E-state index in [2.05, 4.69) is 0 Å². The molecule has 0 radical (unpaired) electrons. The Labute approximate surface area is 97.6 Å². The van der Waals surface area contributed by atoms with Gasteiger partial charge in [-0.05, 0) is 49.9 Å². The van der Waals surface area contributed by atoms with Crippen LogP contribution in [0.15, 0.2) is 12.1 Å². The highest BCUT2D eigenvalue weighted by atomic mass is 16.5. The molecule has 0 aliphatic rings. The van der Waals surface area contributed by atoms with E-state index in [1.54, 1.807) is 7.11 Å². The van der Waals surface area contributed by atoms with Gasteiger partial charge in [0.1, 0.15) is 5.75 Å². The molecule has 0 atom stereocenters. The summed E-state index contributed by atoms with van der Waals surface area (Å²) < 4.78 is 10.7. The first-order chi connectivity index (χ1) is 7.65. The minimum Gasteiger partial charge on any atom is -0.493 e. The molecule has 16 heavy (non-hydrogen) atoms. The van der Waals surface area contributed by atoms with E-state index >= 15 is 0 Å². The Kier molecular flexibility index (Phi) is 5.12. The van der Waals surface area contributed by atoms with Crippen LogP contribution in [0.5, 0.6) is 5.75 Å². The second-order valence-corrected chi connectivity index (χ2v) is 4.03. The molecule has 90 valence electrons. The van der Waals surface area contributed by atoms with Crippen molar-refractivity contribution >= 4 is 5.69 Å². The van der Waals surface area contributed by atoms with Gasteiger partial charge in [0, 0.05) is 19.4 Å². The summed E-state index contributed by atoms with van der Waals surface area (Å²) in [6.07, 6.45) is 2.04. The number of nitrogens with two attached hydrogens (primary N) is 1. The second kappa shape index (κ2) is 6.38. The number of unbranched alkanes of at least 4 members (excludes halogenated alkanes) is 1. The molecule has 0 saturated carbocycles. The van der Waals surface area contributed by atoms with Crippen molar-refractivity contribution in [3.63, 3.8) is 0 Å². The van der Waals surface area contributed by atoms with E-state index in [1.165, 1.54) is 0 Å². The molecular weight excluding hydrogens is 202 g/mol. The normalized spacial score (nSPS) is 10.4. The Bertz CT molecular complexity index is 314. The molecule has 0 aliphatic carbocycles. The minimum atomic E-state index is 0.731. The lowest BCUT2D eigenvalue weighted by Gasteiger charge is -2.12. The van der Waals surface area contributed by atoms with Crippen molar-refractivity contribution in [3.8, 4) is 5.75 Å². The highest BCUT2D eigenvalue weighted by molar-refractivity contribution is 5.52. The topological polar surface area (TPSA) is 44.5 Å². The van der Waals surface area contributed by atoms with Crippen LogP contribution in [0.1, 0.15) is 24.0 Å². The fourth-order valence-corrected chi connectivity index (χ4v) is 1.73. The Balaban J connectivity index is 2.47. The zero-order valence-corrected chi connectivity index (χ0v) is 10.4. The molecule has 3 nitrogen and oxygen atoms in total. The van der Waals surface area contributed by atoms with Crippen LogP contribution >= 0.6 is 0 Å². The van der Waals surface area contributed by atoms with E-state index in [-0.39, 0.29) is 0 Å². The van der Waals surface area contributed by atoms with Crippen LogP contribution in [-0.2, 0) is 4.74 Å². The zero-order chi connectivity index (χ0) is 12.0. The number of methoxy groups -OCH3 is 1. The average molecular weight is 223 g/mol. The minimum absolute atomic E-state index is 0.731. The van der Waals surface area contributed by atoms with Gasteiger partial charge in [-0.1, -0.05) is 0 Å². The largest absolute Gasteiger partial charge is 0.493 e. The molecule has 0 fully saturated rings. The molecule has 0 spiro atoms. The molecule has 1 aromatic rings. The van der Waals surface area contributed by atoms with Crippen molar-refractivity contribution in [2.24, 2.45) is 0 Å². The zero-order valence-electron chi connectivity index (χ0n) is 10.4. The van der Waals surface area contributed by atoms with E-state index in [4.69, 9.17) is 15.2 Å². The Hall–Kier alpha value is -1.22. The summed E-state index contributed by atoms with van der Waals surface area (Å²) in [6.45, 7) is 5.57. The summed E-state index contributed by atoms with van der Waals surface area (Å²) >= 11 is 0. The molecule has 0 unspecified atom stereocenters. The predicted octanol–water partition coefficient (Wildman–Crippen LogP) is 2.69. The molecule has 3 heteroatoms. The number of anilines is 1. The van der Waals surface area contributed by atoms with Crippen molar-refractivity contribution in [1.82, 2.24) is 0 Å². The summed E-state index contributed by atoms with van der Waals surface area (Å²) in [7, 11) is 1.72. The van der Waals surface area contributed by atoms with Gasteiger partial charge in [-0.15, -0.1) is 0 Å². The van der Waals surface area contributed by atoms with Crippen LogP contribution in [0.3, 0.4) is 0 Å². The van der Waals surface area contributed by atoms with Gasteiger partial charge < -0.3 is 15.2 Å². The molecule has 1 aromatic carbocycles. The maximum atomic E-state index is 5.76. The van der Waals surface area contributed by atoms with Gasteiger partial charge in [0.2, 0.25) is 0 Å². The monoisotopic (exact) mass is 223 g/mol. The van der Waals surface area contributed by atoms with E-state index in [0.717, 1.165) is 48.6 Å². The van der Waals surface area contributed by atoms with Gasteiger partial charge in [0.25, 0.3) is 0 Å². The summed E-state index contributed by atoms with van der Waals surface area (Å²) in [5.74, 6) is 0.964. The Morgan fingerprint density at radius 2 is 1.62 bits per heavy atom. The van der Waals surface area contributed by atoms with Crippen LogP contribution in [0.25, 0.3) is 0 Å². The highest BCUT2D eigenvalue weighted by Gasteiger charge is 2.04. The van der Waals surface area contributed by atoms with Gasteiger partial charge >= 0.3 is 0 Å². The second-order valence-electron chi connectivity index (χ2n) is 4.03. The fraction of sp³-hybridized carbons (Fsp3) is 0.538. The van der Waals surface area contributed by atoms with E-state index in [0.29, 0.717) is 0 Å². The molecule has 0 heterocycles. The molecule has 2 N–H and O–H groups in total. The van der Waals surface area contributed by atoms with Crippen LogP contribution in [0.2, 0.25) is 0 Å². The van der Waals surface area contributed by atoms with Crippen molar-refractivity contribution in [2.45, 2.75) is 26.7 Å². The van der Waals surface area contributed by atoms with Gasteiger partial charge in [-0.2, -0.15) is 0 Å². The summed E-state index contributed by atoms with van der Waals surface area (Å²) in [5.41, 5.74) is 8.75. The van der Waals surface area contributed by atoms with Crippen LogP contribution in [0, 0.1) is 13.8 Å². The number of hydrogen-bond acceptors (Lipinski definition) is 3. The highest BCUT2D eigenvalue weighted by Crippen LogP contribution is 2.25. The molecular formula is C13H21NO2. The smallest absolute Gasteiger partial charge is 0.125 e. The van der Waals surface area contributed by atoms with Gasteiger partial charge in [-0.3, -0.25) is 0 Å². The average Bonchev–Trinajstić information content (AvgIpc) is 2.20. The van der Waals surface area contributed by atoms with Crippen molar-refractivity contribution in [3.05, 3.63) is 23.3 Å². The van der Waals surface area contributed by atoms with Crippen molar-refractivity contribution in [2.75, 3.05) is 26.1 Å². The molecule has 0 aliphatic heterocycles. The quantitative estimate of drug-likeness (QED) is 0.595. The number of ether oxygens (including phenoxy) is 2. The predicted molar refractivity (Wildman–Crippen MR) is 66.9 cm³/mol. The van der Waals surface area contributed by atoms with E-state index in [1.807, 2.05) is 26.0 Å². The molecule has 0 aromatic heterocycles. The third-order valence-electron chi connectivity index (χ3n) is 2.47. The lowest BCUT2D eigenvalue weighted by Crippen LogP contribution is -2.03. The van der Waals surface area contributed by atoms with E-state index in [9.17, 15) is 0 Å². The third kappa shape index (κ3) is 3.74. The maximum absolute atomic E-state index is 5.76. The molecule has 0 amide bonds. The van der Waals surface area contributed by atoms with Crippen LogP contribution in [-0.4, -0.2) is 20.3 Å². The van der Waals surface area contributed by atoms with Gasteiger partial charge in [0.05, 0.1) is 6.61 Å². The first-order valence-electron chi connectivity index (χ1n) is 5.63. The molecule has 0 bridgehead atoms. The SMILES string of the molecule is COCCCCOc1c(C)cc(N)cc1C. The lowest BCUT2D eigenvalue weighted by atomic mass is 10.1. The summed E-state index contributed by atoms with van der Waals surface area (Å²) in [4.78, 5) is 0. The van der Waals surface area contributed by atoms with Gasteiger partial charge in [-0.25, -0.2) is 0 Å². The molecule has 0 saturated heterocycles. The van der Waals surface area contributed by atoms with Gasteiger partial charge in [0.15, 0.2) is 0 Å².